The van der Waals surface area contributed by atoms with Crippen LogP contribution in [-0.2, 0) is 6.54 Å². The Kier molecular flexibility index (Phi) is 8.64. The number of guanidine groups is 1. The van der Waals surface area contributed by atoms with E-state index in [0.717, 1.165) is 12.0 Å². The van der Waals surface area contributed by atoms with Gasteiger partial charge >= 0.3 is 0 Å². The molecule has 1 atom stereocenters. The second-order valence-electron chi connectivity index (χ2n) is 6.65. The van der Waals surface area contributed by atoms with E-state index in [2.05, 4.69) is 21.7 Å². The Hall–Kier alpha value is -2.41. The summed E-state index contributed by atoms with van der Waals surface area (Å²) >= 11 is 0. The first-order valence-electron chi connectivity index (χ1n) is 9.33. The van der Waals surface area contributed by atoms with Crippen LogP contribution < -0.4 is 15.5 Å². The zero-order valence-corrected chi connectivity index (χ0v) is 18.5. The molecule has 0 saturated carbocycles. The first-order valence-corrected chi connectivity index (χ1v) is 9.33. The molecule has 0 bridgehead atoms. The summed E-state index contributed by atoms with van der Waals surface area (Å²) in [5, 5.41) is 15.4. The van der Waals surface area contributed by atoms with Crippen molar-refractivity contribution in [2.24, 2.45) is 4.99 Å². The third-order valence-electron chi connectivity index (χ3n) is 4.63. The van der Waals surface area contributed by atoms with Gasteiger partial charge in [-0.2, -0.15) is 5.26 Å². The second-order valence-corrected chi connectivity index (χ2v) is 6.65. The molecule has 0 amide bonds. The lowest BCUT2D eigenvalue weighted by atomic mass is 10.1. The Balaban J connectivity index is 0.00000300. The molecule has 1 aliphatic heterocycles. The van der Waals surface area contributed by atoms with Crippen LogP contribution in [0.1, 0.15) is 24.5 Å². The van der Waals surface area contributed by atoms with E-state index in [1.807, 2.05) is 19.1 Å². The molecule has 8 heteroatoms. The van der Waals surface area contributed by atoms with Crippen LogP contribution in [0, 0.1) is 23.0 Å². The van der Waals surface area contributed by atoms with Crippen molar-refractivity contribution in [1.82, 2.24) is 10.6 Å². The van der Waals surface area contributed by atoms with Crippen LogP contribution in [0.3, 0.4) is 0 Å². The average molecular weight is 511 g/mol. The third kappa shape index (κ3) is 6.03. The Labute approximate surface area is 186 Å². The molecule has 1 heterocycles. The van der Waals surface area contributed by atoms with Gasteiger partial charge in [-0.1, -0.05) is 18.2 Å². The summed E-state index contributed by atoms with van der Waals surface area (Å²) in [6.45, 7) is 4.23. The Bertz CT molecular complexity index is 859. The van der Waals surface area contributed by atoms with Gasteiger partial charge in [0.1, 0.15) is 17.3 Å². The van der Waals surface area contributed by atoms with Crippen molar-refractivity contribution < 1.29 is 8.78 Å². The summed E-state index contributed by atoms with van der Waals surface area (Å²) in [5.74, 6) is -0.420. The predicted molar refractivity (Wildman–Crippen MR) is 121 cm³/mol. The van der Waals surface area contributed by atoms with E-state index in [4.69, 9.17) is 5.26 Å². The number of aliphatic imine (C=N–C) groups is 1. The molecule has 1 fully saturated rings. The SMILES string of the molecule is CCNC(=NCc1ccc(C#N)cc1)NC1CCN(c2c(F)cccc2F)C1.I. The molecule has 154 valence electrons. The number of anilines is 1. The molecule has 3 rings (SSSR count). The molecule has 0 radical (unpaired) electrons. The monoisotopic (exact) mass is 511 g/mol. The van der Waals surface area contributed by atoms with Crippen molar-refractivity contribution in [3.8, 4) is 6.07 Å². The smallest absolute Gasteiger partial charge is 0.191 e. The van der Waals surface area contributed by atoms with E-state index in [1.165, 1.54) is 18.2 Å². The lowest BCUT2D eigenvalue weighted by molar-refractivity contribution is 0.576. The van der Waals surface area contributed by atoms with E-state index in [-0.39, 0.29) is 35.7 Å². The molecule has 0 aromatic heterocycles. The van der Waals surface area contributed by atoms with Crippen molar-refractivity contribution in [2.45, 2.75) is 25.9 Å². The van der Waals surface area contributed by atoms with Crippen molar-refractivity contribution in [1.29, 1.82) is 5.26 Å². The third-order valence-corrected chi connectivity index (χ3v) is 4.63. The van der Waals surface area contributed by atoms with Crippen LogP contribution in [0.15, 0.2) is 47.5 Å². The number of nitriles is 1. The molecule has 29 heavy (non-hydrogen) atoms. The van der Waals surface area contributed by atoms with Gasteiger partial charge in [0.2, 0.25) is 0 Å². The van der Waals surface area contributed by atoms with Gasteiger partial charge in [-0.3, -0.25) is 0 Å². The fraction of sp³-hybridized carbons (Fsp3) is 0.333. The highest BCUT2D eigenvalue weighted by Gasteiger charge is 2.27. The summed E-state index contributed by atoms with van der Waals surface area (Å²) in [6, 6.07) is 13.4. The van der Waals surface area contributed by atoms with Crippen LogP contribution in [-0.4, -0.2) is 31.6 Å². The minimum absolute atomic E-state index is 0. The van der Waals surface area contributed by atoms with Crippen molar-refractivity contribution in [2.75, 3.05) is 24.5 Å². The molecular formula is C21H24F2IN5. The first kappa shape index (κ1) is 22.9. The second kappa shape index (κ2) is 11.0. The Morgan fingerprint density at radius 2 is 1.90 bits per heavy atom. The minimum atomic E-state index is -0.540. The Morgan fingerprint density at radius 3 is 2.52 bits per heavy atom. The van der Waals surface area contributed by atoms with Gasteiger partial charge in [0.15, 0.2) is 5.96 Å². The quantitative estimate of drug-likeness (QED) is 0.365. The van der Waals surface area contributed by atoms with Crippen LogP contribution in [0.25, 0.3) is 0 Å². The minimum Gasteiger partial charge on any atom is -0.365 e. The van der Waals surface area contributed by atoms with Gasteiger partial charge < -0.3 is 15.5 Å². The van der Waals surface area contributed by atoms with E-state index in [9.17, 15) is 8.78 Å². The van der Waals surface area contributed by atoms with Crippen LogP contribution in [0.4, 0.5) is 14.5 Å². The summed E-state index contributed by atoms with van der Waals surface area (Å²) in [4.78, 5) is 6.31. The molecule has 0 spiro atoms. The maximum absolute atomic E-state index is 14.0. The number of benzene rings is 2. The highest BCUT2D eigenvalue weighted by Crippen LogP contribution is 2.26. The fourth-order valence-electron chi connectivity index (χ4n) is 3.24. The fourth-order valence-corrected chi connectivity index (χ4v) is 3.24. The van der Waals surface area contributed by atoms with Gasteiger partial charge in [0.25, 0.3) is 0 Å². The highest BCUT2D eigenvalue weighted by atomic mass is 127. The summed E-state index contributed by atoms with van der Waals surface area (Å²) in [7, 11) is 0. The van der Waals surface area contributed by atoms with Gasteiger partial charge in [0, 0.05) is 25.7 Å². The molecule has 5 nitrogen and oxygen atoms in total. The zero-order valence-electron chi connectivity index (χ0n) is 16.2. The molecule has 0 aliphatic carbocycles. The molecule has 2 aromatic carbocycles. The standard InChI is InChI=1S/C21H23F2N5.HI/c1-2-25-21(26-13-16-8-6-15(12-24)7-9-16)27-17-10-11-28(14-17)20-18(22)4-3-5-19(20)23;/h3-9,17H,2,10-11,13-14H2,1H3,(H2,25,26,27);1H. The van der Waals surface area contributed by atoms with Crippen LogP contribution in [0.2, 0.25) is 0 Å². The number of nitrogens with zero attached hydrogens (tertiary/aromatic N) is 3. The summed E-state index contributed by atoms with van der Waals surface area (Å²) in [5.41, 5.74) is 1.65. The molecule has 1 aliphatic rings. The summed E-state index contributed by atoms with van der Waals surface area (Å²) < 4.78 is 28.0. The van der Waals surface area contributed by atoms with Gasteiger partial charge in [-0.15, -0.1) is 24.0 Å². The largest absolute Gasteiger partial charge is 0.365 e. The Morgan fingerprint density at radius 1 is 1.21 bits per heavy atom. The lowest BCUT2D eigenvalue weighted by Gasteiger charge is -2.21. The van der Waals surface area contributed by atoms with E-state index in [0.29, 0.717) is 37.7 Å². The van der Waals surface area contributed by atoms with Crippen molar-refractivity contribution in [3.05, 3.63) is 65.2 Å². The molecule has 2 aromatic rings. The predicted octanol–water partition coefficient (Wildman–Crippen LogP) is 3.79. The van der Waals surface area contributed by atoms with Gasteiger partial charge in [-0.25, -0.2) is 13.8 Å². The van der Waals surface area contributed by atoms with E-state index in [1.54, 1.807) is 17.0 Å². The van der Waals surface area contributed by atoms with E-state index < -0.39 is 11.6 Å². The zero-order chi connectivity index (χ0) is 19.9. The van der Waals surface area contributed by atoms with Crippen molar-refractivity contribution in [3.63, 3.8) is 0 Å². The lowest BCUT2D eigenvalue weighted by Crippen LogP contribution is -2.44. The first-order chi connectivity index (χ1) is 13.6. The normalized spacial score (nSPS) is 16.1. The number of rotatable bonds is 5. The number of hydrogen-bond donors (Lipinski definition) is 2. The van der Waals surface area contributed by atoms with E-state index >= 15 is 0 Å². The molecule has 1 unspecified atom stereocenters. The van der Waals surface area contributed by atoms with Crippen molar-refractivity contribution >= 4 is 35.6 Å². The highest BCUT2D eigenvalue weighted by molar-refractivity contribution is 14.0. The number of nitrogens with one attached hydrogen (secondary N) is 2. The maximum atomic E-state index is 14.0. The topological polar surface area (TPSA) is 63.5 Å². The molecule has 2 N–H and O–H groups in total. The average Bonchev–Trinajstić information content (AvgIpc) is 3.14. The maximum Gasteiger partial charge on any atom is 0.191 e. The van der Waals surface area contributed by atoms with Gasteiger partial charge in [-0.05, 0) is 43.2 Å². The number of hydrogen-bond acceptors (Lipinski definition) is 3. The number of halogens is 3. The summed E-state index contributed by atoms with van der Waals surface area (Å²) in [6.07, 6.45) is 0.759. The molecule has 1 saturated heterocycles. The molecular weight excluding hydrogens is 487 g/mol. The number of para-hydroxylation sites is 1. The van der Waals surface area contributed by atoms with Crippen LogP contribution >= 0.6 is 24.0 Å². The van der Waals surface area contributed by atoms with Crippen LogP contribution in [0.5, 0.6) is 0 Å². The van der Waals surface area contributed by atoms with Gasteiger partial charge in [0.05, 0.1) is 18.2 Å².